The molecule has 0 unspecified atom stereocenters. The predicted octanol–water partition coefficient (Wildman–Crippen LogP) is 0.890. The lowest BCUT2D eigenvalue weighted by atomic mass is 10.2. The summed E-state index contributed by atoms with van der Waals surface area (Å²) in [6.45, 7) is 1.34. The molecule has 0 saturated carbocycles. The molecule has 7 heteroatoms. The molecule has 0 aliphatic carbocycles. The average Bonchev–Trinajstić information content (AvgIpc) is 2.34. The maximum absolute atomic E-state index is 12.0. The van der Waals surface area contributed by atoms with Gasteiger partial charge in [0.15, 0.2) is 0 Å². The number of hydrogen-bond acceptors (Lipinski definition) is 3. The number of halogens is 1. The van der Waals surface area contributed by atoms with Crippen LogP contribution in [0.1, 0.15) is 10.4 Å². The number of primary amides is 1. The van der Waals surface area contributed by atoms with Crippen molar-refractivity contribution in [2.45, 2.75) is 0 Å². The lowest BCUT2D eigenvalue weighted by molar-refractivity contribution is 0.0797. The number of rotatable bonds is 5. The van der Waals surface area contributed by atoms with Gasteiger partial charge in [0, 0.05) is 31.4 Å². The molecule has 6 nitrogen and oxygen atoms in total. The van der Waals surface area contributed by atoms with Crippen molar-refractivity contribution < 1.29 is 9.59 Å². The molecule has 0 bridgehead atoms. The monoisotopic (exact) mass is 286 g/mol. The molecule has 0 heterocycles. The molecule has 3 amide bonds. The van der Waals surface area contributed by atoms with Gasteiger partial charge in [-0.15, -0.1) is 12.4 Å². The highest BCUT2D eigenvalue weighted by molar-refractivity contribution is 5.96. The maximum atomic E-state index is 12.0. The van der Waals surface area contributed by atoms with Crippen molar-refractivity contribution in [2.75, 3.05) is 32.5 Å². The minimum atomic E-state index is -0.650. The minimum Gasteiger partial charge on any atom is -0.351 e. The van der Waals surface area contributed by atoms with Gasteiger partial charge in [-0.3, -0.25) is 4.79 Å². The van der Waals surface area contributed by atoms with Crippen LogP contribution in [0.15, 0.2) is 24.3 Å². The van der Waals surface area contributed by atoms with Crippen LogP contribution in [0.4, 0.5) is 10.5 Å². The van der Waals surface area contributed by atoms with Gasteiger partial charge in [-0.05, 0) is 25.2 Å². The molecule has 0 saturated heterocycles. The van der Waals surface area contributed by atoms with Crippen molar-refractivity contribution in [3.63, 3.8) is 0 Å². The summed E-state index contributed by atoms with van der Waals surface area (Å²) in [5, 5.41) is 5.41. The van der Waals surface area contributed by atoms with E-state index in [2.05, 4.69) is 10.6 Å². The van der Waals surface area contributed by atoms with Crippen molar-refractivity contribution in [1.29, 1.82) is 0 Å². The number of nitrogens with one attached hydrogen (secondary N) is 2. The first-order valence-corrected chi connectivity index (χ1v) is 5.61. The highest BCUT2D eigenvalue weighted by Gasteiger charge is 2.11. The van der Waals surface area contributed by atoms with E-state index in [-0.39, 0.29) is 18.3 Å². The first-order valence-electron chi connectivity index (χ1n) is 5.61. The number of likely N-dealkylation sites (N-methyl/N-ethyl adjacent to an activating group) is 2. The number of carbonyl (C=O) groups excluding carboxylic acids is 2. The van der Waals surface area contributed by atoms with Crippen molar-refractivity contribution >= 4 is 30.0 Å². The largest absolute Gasteiger partial charge is 0.351 e. The molecule has 1 aromatic carbocycles. The summed E-state index contributed by atoms with van der Waals surface area (Å²) in [5.41, 5.74) is 6.05. The van der Waals surface area contributed by atoms with Gasteiger partial charge in [-0.25, -0.2) is 4.79 Å². The zero-order valence-corrected chi connectivity index (χ0v) is 11.8. The molecule has 0 aliphatic rings. The first kappa shape index (κ1) is 17.2. The zero-order chi connectivity index (χ0) is 13.5. The van der Waals surface area contributed by atoms with E-state index in [9.17, 15) is 9.59 Å². The molecular weight excluding hydrogens is 268 g/mol. The van der Waals surface area contributed by atoms with E-state index in [1.165, 1.54) is 0 Å². The molecular formula is C12H19ClN4O2. The van der Waals surface area contributed by atoms with Crippen LogP contribution in [0, 0.1) is 0 Å². The average molecular weight is 287 g/mol. The van der Waals surface area contributed by atoms with Crippen molar-refractivity contribution in [3.8, 4) is 0 Å². The molecule has 19 heavy (non-hydrogen) atoms. The van der Waals surface area contributed by atoms with Gasteiger partial charge in [0.2, 0.25) is 0 Å². The molecule has 1 aromatic rings. The van der Waals surface area contributed by atoms with Crippen LogP contribution in [0.3, 0.4) is 0 Å². The van der Waals surface area contributed by atoms with Crippen LogP contribution in [-0.4, -0.2) is 44.0 Å². The first-order chi connectivity index (χ1) is 8.54. The molecule has 0 atom stereocenters. The Balaban J connectivity index is 0.00000324. The van der Waals surface area contributed by atoms with E-state index in [1.807, 2.05) is 7.05 Å². The number of carbonyl (C=O) groups is 2. The fourth-order valence-corrected chi connectivity index (χ4v) is 1.47. The second-order valence-corrected chi connectivity index (χ2v) is 3.90. The molecule has 106 valence electrons. The standard InChI is InChI=1S/C12H18N4O2.ClH/c1-14-6-7-16(2)11(17)9-4-3-5-10(8-9)15-12(13)18;/h3-5,8,14H,6-7H2,1-2H3,(H3,13,15,18);1H. The Labute approximate surface area is 118 Å². The van der Waals surface area contributed by atoms with Gasteiger partial charge in [0.1, 0.15) is 0 Å². The van der Waals surface area contributed by atoms with Crippen molar-refractivity contribution in [2.24, 2.45) is 5.73 Å². The molecule has 0 aromatic heterocycles. The summed E-state index contributed by atoms with van der Waals surface area (Å²) in [6, 6.07) is 6.02. The fourth-order valence-electron chi connectivity index (χ4n) is 1.47. The topological polar surface area (TPSA) is 87.5 Å². The summed E-state index contributed by atoms with van der Waals surface area (Å²) >= 11 is 0. The minimum absolute atomic E-state index is 0. The van der Waals surface area contributed by atoms with E-state index in [1.54, 1.807) is 36.2 Å². The fraction of sp³-hybridized carbons (Fsp3) is 0.333. The molecule has 0 fully saturated rings. The van der Waals surface area contributed by atoms with Crippen molar-refractivity contribution in [3.05, 3.63) is 29.8 Å². The summed E-state index contributed by atoms with van der Waals surface area (Å²) in [7, 11) is 3.56. The lowest BCUT2D eigenvalue weighted by Gasteiger charge is -2.17. The third kappa shape index (κ3) is 5.58. The van der Waals surface area contributed by atoms with Gasteiger partial charge in [-0.2, -0.15) is 0 Å². The smallest absolute Gasteiger partial charge is 0.316 e. The van der Waals surface area contributed by atoms with Crippen molar-refractivity contribution in [1.82, 2.24) is 10.2 Å². The SMILES string of the molecule is CNCCN(C)C(=O)c1cccc(NC(N)=O)c1.Cl. The maximum Gasteiger partial charge on any atom is 0.316 e. The number of nitrogens with two attached hydrogens (primary N) is 1. The molecule has 0 radical (unpaired) electrons. The summed E-state index contributed by atoms with van der Waals surface area (Å²) < 4.78 is 0. The second-order valence-electron chi connectivity index (χ2n) is 3.90. The molecule has 0 aliphatic heterocycles. The Hall–Kier alpha value is -1.79. The number of amides is 3. The van der Waals surface area contributed by atoms with Crippen LogP contribution < -0.4 is 16.4 Å². The number of urea groups is 1. The number of anilines is 1. The van der Waals surface area contributed by atoms with Crippen LogP contribution in [-0.2, 0) is 0 Å². The normalized spacial score (nSPS) is 9.37. The van der Waals surface area contributed by atoms with Gasteiger partial charge in [0.25, 0.3) is 5.91 Å². The number of benzene rings is 1. The Morgan fingerprint density at radius 1 is 1.37 bits per heavy atom. The summed E-state index contributed by atoms with van der Waals surface area (Å²) in [6.07, 6.45) is 0. The summed E-state index contributed by atoms with van der Waals surface area (Å²) in [5.74, 6) is -0.0987. The van der Waals surface area contributed by atoms with Gasteiger partial charge in [-0.1, -0.05) is 6.07 Å². The molecule has 0 spiro atoms. The zero-order valence-electron chi connectivity index (χ0n) is 11.0. The quantitative estimate of drug-likeness (QED) is 0.751. The number of nitrogens with zero attached hydrogens (tertiary/aromatic N) is 1. The van der Waals surface area contributed by atoms with Crippen LogP contribution >= 0.6 is 12.4 Å². The number of hydrogen-bond donors (Lipinski definition) is 3. The lowest BCUT2D eigenvalue weighted by Crippen LogP contribution is -2.32. The van der Waals surface area contributed by atoms with E-state index in [4.69, 9.17) is 5.73 Å². The Morgan fingerprint density at radius 2 is 2.05 bits per heavy atom. The van der Waals surface area contributed by atoms with Crippen LogP contribution in [0.5, 0.6) is 0 Å². The summed E-state index contributed by atoms with van der Waals surface area (Å²) in [4.78, 5) is 24.4. The Kier molecular flexibility index (Phi) is 7.55. The Morgan fingerprint density at radius 3 is 2.63 bits per heavy atom. The van der Waals surface area contributed by atoms with E-state index < -0.39 is 6.03 Å². The van der Waals surface area contributed by atoms with Crippen LogP contribution in [0.25, 0.3) is 0 Å². The highest BCUT2D eigenvalue weighted by atomic mass is 35.5. The van der Waals surface area contributed by atoms with E-state index in [0.29, 0.717) is 17.8 Å². The molecule has 4 N–H and O–H groups in total. The third-order valence-corrected chi connectivity index (χ3v) is 2.42. The molecule has 1 rings (SSSR count). The third-order valence-electron chi connectivity index (χ3n) is 2.42. The Bertz CT molecular complexity index is 439. The van der Waals surface area contributed by atoms with Gasteiger partial charge in [0.05, 0.1) is 0 Å². The van der Waals surface area contributed by atoms with Gasteiger partial charge >= 0.3 is 6.03 Å². The van der Waals surface area contributed by atoms with Crippen LogP contribution in [0.2, 0.25) is 0 Å². The second kappa shape index (κ2) is 8.34. The predicted molar refractivity (Wildman–Crippen MR) is 77.8 cm³/mol. The van der Waals surface area contributed by atoms with E-state index >= 15 is 0 Å². The van der Waals surface area contributed by atoms with E-state index in [0.717, 1.165) is 6.54 Å². The van der Waals surface area contributed by atoms with Gasteiger partial charge < -0.3 is 21.3 Å². The highest BCUT2D eigenvalue weighted by Crippen LogP contribution is 2.11.